The van der Waals surface area contributed by atoms with Crippen LogP contribution in [0.25, 0.3) is 0 Å². The van der Waals surface area contributed by atoms with Crippen LogP contribution in [-0.2, 0) is 20.9 Å². The first kappa shape index (κ1) is 22.7. The molecule has 1 saturated heterocycles. The number of hydrogen-bond donors (Lipinski definition) is 2. The fourth-order valence-corrected chi connectivity index (χ4v) is 3.48. The van der Waals surface area contributed by atoms with Gasteiger partial charge in [-0.15, -0.1) is 0 Å². The average molecular weight is 429 g/mol. The van der Waals surface area contributed by atoms with Gasteiger partial charge in [-0.05, 0) is 35.4 Å². The minimum Gasteiger partial charge on any atom is -0.379 e. The topological polar surface area (TPSA) is 73.9 Å². The number of rotatable bonds is 7. The van der Waals surface area contributed by atoms with E-state index in [0.29, 0.717) is 19.8 Å². The van der Waals surface area contributed by atoms with Crippen molar-refractivity contribution in [1.82, 2.24) is 15.5 Å². The Labute approximate surface area is 182 Å². The maximum absolute atomic E-state index is 13.0. The number of morpholine rings is 1. The van der Waals surface area contributed by atoms with E-state index < -0.39 is 11.8 Å². The Morgan fingerprint density at radius 3 is 2.23 bits per heavy atom. The lowest BCUT2D eigenvalue weighted by Gasteiger charge is -2.35. The Balaban J connectivity index is 1.60. The molecule has 0 bridgehead atoms. The molecule has 0 aliphatic carbocycles. The van der Waals surface area contributed by atoms with Gasteiger partial charge < -0.3 is 20.3 Å². The molecule has 2 aromatic rings. The van der Waals surface area contributed by atoms with Crippen LogP contribution < -0.4 is 15.5 Å². The Morgan fingerprint density at radius 2 is 1.61 bits per heavy atom. The quantitative estimate of drug-likeness (QED) is 0.657. The van der Waals surface area contributed by atoms with Gasteiger partial charge >= 0.3 is 11.8 Å². The molecule has 2 aromatic carbocycles. The molecule has 1 unspecified atom stereocenters. The van der Waals surface area contributed by atoms with Gasteiger partial charge in [-0.2, -0.15) is 0 Å². The smallest absolute Gasteiger partial charge is 0.309 e. The van der Waals surface area contributed by atoms with E-state index in [0.717, 1.165) is 29.9 Å². The molecule has 8 heteroatoms. The van der Waals surface area contributed by atoms with Gasteiger partial charge in [-0.3, -0.25) is 14.5 Å². The van der Waals surface area contributed by atoms with E-state index in [4.69, 9.17) is 4.74 Å². The molecule has 31 heavy (non-hydrogen) atoms. The van der Waals surface area contributed by atoms with Crippen LogP contribution in [0.5, 0.6) is 0 Å². The third-order valence-corrected chi connectivity index (χ3v) is 5.31. The standard InChI is InChI=1S/C23H29FN4O3/c1-27(2)20-9-5-18(6-10-20)21(28-11-13-31-14-12-28)16-26-23(30)22(29)25-15-17-3-7-19(24)8-4-17/h3-10,21H,11-16H2,1-2H3,(H,25,29)(H,26,30). The van der Waals surface area contributed by atoms with E-state index in [1.165, 1.54) is 12.1 Å². The first-order chi connectivity index (χ1) is 14.9. The molecule has 0 spiro atoms. The number of nitrogens with one attached hydrogen (secondary N) is 2. The van der Waals surface area contributed by atoms with Crippen LogP contribution in [0.4, 0.5) is 10.1 Å². The van der Waals surface area contributed by atoms with Crippen molar-refractivity contribution in [2.45, 2.75) is 12.6 Å². The van der Waals surface area contributed by atoms with Gasteiger partial charge in [0, 0.05) is 46.0 Å². The average Bonchev–Trinajstić information content (AvgIpc) is 2.79. The van der Waals surface area contributed by atoms with Crippen molar-refractivity contribution in [3.05, 3.63) is 65.5 Å². The van der Waals surface area contributed by atoms with E-state index in [1.54, 1.807) is 12.1 Å². The molecule has 0 aromatic heterocycles. The summed E-state index contributed by atoms with van der Waals surface area (Å²) < 4.78 is 18.4. The van der Waals surface area contributed by atoms with E-state index in [2.05, 4.69) is 27.7 Å². The van der Waals surface area contributed by atoms with Crippen molar-refractivity contribution in [1.29, 1.82) is 0 Å². The predicted molar refractivity (Wildman–Crippen MR) is 117 cm³/mol. The molecular weight excluding hydrogens is 399 g/mol. The highest BCUT2D eigenvalue weighted by atomic mass is 19.1. The summed E-state index contributed by atoms with van der Waals surface area (Å²) in [6, 6.07) is 13.9. The Kier molecular flexibility index (Phi) is 7.97. The molecule has 1 atom stereocenters. The summed E-state index contributed by atoms with van der Waals surface area (Å²) in [5.41, 5.74) is 2.88. The summed E-state index contributed by atoms with van der Waals surface area (Å²) >= 11 is 0. The molecule has 0 radical (unpaired) electrons. The number of hydrogen-bond acceptors (Lipinski definition) is 5. The number of halogens is 1. The lowest BCUT2D eigenvalue weighted by Crippen LogP contribution is -2.46. The number of carbonyl (C=O) groups excluding carboxylic acids is 2. The summed E-state index contributed by atoms with van der Waals surface area (Å²) in [5.74, 6) is -1.75. The Morgan fingerprint density at radius 1 is 1.00 bits per heavy atom. The van der Waals surface area contributed by atoms with Gasteiger partial charge in [-0.1, -0.05) is 24.3 Å². The highest BCUT2D eigenvalue weighted by molar-refractivity contribution is 6.35. The maximum atomic E-state index is 13.0. The highest BCUT2D eigenvalue weighted by Gasteiger charge is 2.24. The van der Waals surface area contributed by atoms with E-state index in [9.17, 15) is 14.0 Å². The minimum absolute atomic E-state index is 0.0611. The van der Waals surface area contributed by atoms with Crippen LogP contribution in [0.3, 0.4) is 0 Å². The number of benzene rings is 2. The predicted octanol–water partition coefficient (Wildman–Crippen LogP) is 1.70. The van der Waals surface area contributed by atoms with Crippen molar-refractivity contribution >= 4 is 17.5 Å². The van der Waals surface area contributed by atoms with Gasteiger partial charge in [0.15, 0.2) is 0 Å². The highest BCUT2D eigenvalue weighted by Crippen LogP contribution is 2.23. The molecule has 1 aliphatic heterocycles. The fraction of sp³-hybridized carbons (Fsp3) is 0.391. The van der Waals surface area contributed by atoms with Crippen LogP contribution in [0.2, 0.25) is 0 Å². The first-order valence-electron chi connectivity index (χ1n) is 10.3. The summed E-state index contributed by atoms with van der Waals surface area (Å²) in [7, 11) is 3.97. The van der Waals surface area contributed by atoms with E-state index in [1.807, 2.05) is 31.1 Å². The number of amides is 2. The van der Waals surface area contributed by atoms with E-state index in [-0.39, 0.29) is 18.4 Å². The van der Waals surface area contributed by atoms with E-state index >= 15 is 0 Å². The lowest BCUT2D eigenvalue weighted by atomic mass is 10.0. The van der Waals surface area contributed by atoms with Crippen molar-refractivity contribution in [2.75, 3.05) is 51.8 Å². The molecule has 3 rings (SSSR count). The largest absolute Gasteiger partial charge is 0.379 e. The molecule has 166 valence electrons. The first-order valence-corrected chi connectivity index (χ1v) is 10.3. The number of anilines is 1. The van der Waals surface area contributed by atoms with Gasteiger partial charge in [-0.25, -0.2) is 4.39 Å². The summed E-state index contributed by atoms with van der Waals surface area (Å²) in [4.78, 5) is 28.8. The third-order valence-electron chi connectivity index (χ3n) is 5.31. The fourth-order valence-electron chi connectivity index (χ4n) is 3.48. The molecule has 0 saturated carbocycles. The van der Waals surface area contributed by atoms with Crippen LogP contribution in [-0.4, -0.2) is 63.7 Å². The zero-order valence-electron chi connectivity index (χ0n) is 17.9. The van der Waals surface area contributed by atoms with Gasteiger partial charge in [0.2, 0.25) is 0 Å². The van der Waals surface area contributed by atoms with Crippen molar-refractivity contribution in [3.8, 4) is 0 Å². The maximum Gasteiger partial charge on any atom is 0.309 e. The lowest BCUT2D eigenvalue weighted by molar-refractivity contribution is -0.139. The van der Waals surface area contributed by atoms with Crippen molar-refractivity contribution < 1.29 is 18.7 Å². The Hall–Kier alpha value is -2.97. The second-order valence-electron chi connectivity index (χ2n) is 7.67. The summed E-state index contributed by atoms with van der Waals surface area (Å²) in [6.45, 7) is 3.26. The molecule has 1 fully saturated rings. The zero-order valence-corrected chi connectivity index (χ0v) is 17.9. The van der Waals surface area contributed by atoms with Crippen LogP contribution >= 0.6 is 0 Å². The zero-order chi connectivity index (χ0) is 22.2. The second kappa shape index (κ2) is 10.9. The van der Waals surface area contributed by atoms with Gasteiger partial charge in [0.25, 0.3) is 0 Å². The molecule has 1 aliphatic rings. The van der Waals surface area contributed by atoms with Gasteiger partial charge in [0.1, 0.15) is 5.82 Å². The summed E-state index contributed by atoms with van der Waals surface area (Å²) in [6.07, 6.45) is 0. The van der Waals surface area contributed by atoms with Crippen LogP contribution in [0, 0.1) is 5.82 Å². The summed E-state index contributed by atoms with van der Waals surface area (Å²) in [5, 5.41) is 5.33. The third kappa shape index (κ3) is 6.50. The monoisotopic (exact) mass is 428 g/mol. The number of ether oxygens (including phenoxy) is 1. The van der Waals surface area contributed by atoms with Crippen molar-refractivity contribution in [2.24, 2.45) is 0 Å². The molecule has 2 amide bonds. The van der Waals surface area contributed by atoms with Crippen molar-refractivity contribution in [3.63, 3.8) is 0 Å². The minimum atomic E-state index is -0.715. The van der Waals surface area contributed by atoms with Gasteiger partial charge in [0.05, 0.1) is 19.3 Å². The molecular formula is C23H29FN4O3. The number of nitrogens with zero attached hydrogens (tertiary/aromatic N) is 2. The second-order valence-corrected chi connectivity index (χ2v) is 7.67. The SMILES string of the molecule is CN(C)c1ccc(C(CNC(=O)C(=O)NCc2ccc(F)cc2)N2CCOCC2)cc1. The number of carbonyl (C=O) groups is 2. The molecule has 1 heterocycles. The Bertz CT molecular complexity index is 865. The normalized spacial score (nSPS) is 15.2. The van der Waals surface area contributed by atoms with Crippen LogP contribution in [0.15, 0.2) is 48.5 Å². The molecule has 7 nitrogen and oxygen atoms in total. The molecule has 2 N–H and O–H groups in total. The van der Waals surface area contributed by atoms with Crippen LogP contribution in [0.1, 0.15) is 17.2 Å².